The summed E-state index contributed by atoms with van der Waals surface area (Å²) >= 11 is 0. The first-order valence-electron chi connectivity index (χ1n) is 10.4. The largest absolute Gasteiger partial charge is 0.463 e. The van der Waals surface area contributed by atoms with E-state index < -0.39 is 54.5 Å². The maximum atomic E-state index is 12.0. The third-order valence-corrected chi connectivity index (χ3v) is 4.65. The summed E-state index contributed by atoms with van der Waals surface area (Å²) in [4.78, 5) is 47.1. The van der Waals surface area contributed by atoms with Crippen LogP contribution >= 0.6 is 0 Å². The van der Waals surface area contributed by atoms with E-state index in [9.17, 15) is 19.2 Å². The molecule has 0 radical (unpaired) electrons. The molecule has 2 rings (SSSR count). The zero-order valence-electron chi connectivity index (χ0n) is 19.1. The first kappa shape index (κ1) is 25.9. The molecule has 0 aromatic heterocycles. The molecule has 1 heterocycles. The molecule has 180 valence electrons. The van der Waals surface area contributed by atoms with E-state index in [4.69, 9.17) is 23.7 Å². The van der Waals surface area contributed by atoms with Crippen LogP contribution in [0.5, 0.6) is 5.75 Å². The smallest absolute Gasteiger partial charge is 0.303 e. The highest BCUT2D eigenvalue weighted by molar-refractivity contribution is 5.73. The third-order valence-electron chi connectivity index (χ3n) is 4.65. The van der Waals surface area contributed by atoms with E-state index in [1.54, 1.807) is 18.2 Å². The highest BCUT2D eigenvalue weighted by atomic mass is 16.7. The van der Waals surface area contributed by atoms with Crippen LogP contribution in [0.2, 0.25) is 0 Å². The number of benzene rings is 1. The Morgan fingerprint density at radius 1 is 1.00 bits per heavy atom. The maximum absolute atomic E-state index is 12.0. The number of rotatable bonds is 9. The summed E-state index contributed by atoms with van der Waals surface area (Å²) < 4.78 is 28.0. The lowest BCUT2D eigenvalue weighted by molar-refractivity contribution is -0.257. The van der Waals surface area contributed by atoms with Gasteiger partial charge in [0.1, 0.15) is 24.5 Å². The first-order chi connectivity index (χ1) is 15.6. The van der Waals surface area contributed by atoms with Gasteiger partial charge in [0.05, 0.1) is 0 Å². The zero-order chi connectivity index (χ0) is 24.5. The van der Waals surface area contributed by atoms with Crippen LogP contribution < -0.4 is 10.1 Å². The van der Waals surface area contributed by atoms with E-state index >= 15 is 0 Å². The van der Waals surface area contributed by atoms with Gasteiger partial charge in [0.15, 0.2) is 12.2 Å². The number of carbonyl (C=O) groups is 4. The van der Waals surface area contributed by atoms with Crippen molar-refractivity contribution in [2.75, 3.05) is 6.61 Å². The van der Waals surface area contributed by atoms with E-state index in [2.05, 4.69) is 11.9 Å². The maximum Gasteiger partial charge on any atom is 0.303 e. The minimum atomic E-state index is -1.18. The second-order valence-corrected chi connectivity index (χ2v) is 7.44. The molecule has 10 nitrogen and oxygen atoms in total. The van der Waals surface area contributed by atoms with E-state index in [0.29, 0.717) is 12.2 Å². The fraction of sp³-hybridized carbons (Fsp3) is 0.478. The number of para-hydroxylation sites is 1. The molecule has 10 heteroatoms. The number of amides is 1. The Labute approximate surface area is 192 Å². The van der Waals surface area contributed by atoms with Gasteiger partial charge < -0.3 is 29.0 Å². The Hall–Kier alpha value is -3.40. The third kappa shape index (κ3) is 7.60. The van der Waals surface area contributed by atoms with Crippen LogP contribution in [0.15, 0.2) is 36.9 Å². The molecule has 1 aromatic carbocycles. The fourth-order valence-corrected chi connectivity index (χ4v) is 3.46. The summed E-state index contributed by atoms with van der Waals surface area (Å²) in [5, 5.41) is 2.66. The molecule has 0 saturated carbocycles. The van der Waals surface area contributed by atoms with Gasteiger partial charge in [-0.1, -0.05) is 24.3 Å². The molecular weight excluding hydrogens is 434 g/mol. The predicted molar refractivity (Wildman–Crippen MR) is 115 cm³/mol. The lowest BCUT2D eigenvalue weighted by Crippen LogP contribution is -2.67. The van der Waals surface area contributed by atoms with Crippen LogP contribution in [0.1, 0.15) is 33.3 Å². The van der Waals surface area contributed by atoms with Gasteiger partial charge in [0.2, 0.25) is 12.2 Å². The van der Waals surface area contributed by atoms with Gasteiger partial charge in [-0.15, -0.1) is 6.58 Å². The van der Waals surface area contributed by atoms with Crippen molar-refractivity contribution in [2.24, 2.45) is 0 Å². The molecule has 1 fully saturated rings. The fourth-order valence-electron chi connectivity index (χ4n) is 3.46. The monoisotopic (exact) mass is 463 g/mol. The molecule has 0 unspecified atom stereocenters. The highest BCUT2D eigenvalue weighted by Gasteiger charge is 2.52. The van der Waals surface area contributed by atoms with E-state index in [1.807, 2.05) is 12.1 Å². The second kappa shape index (κ2) is 12.0. The van der Waals surface area contributed by atoms with Crippen LogP contribution in [0.25, 0.3) is 0 Å². The van der Waals surface area contributed by atoms with Crippen LogP contribution in [-0.2, 0) is 44.5 Å². The molecule has 1 aliphatic heterocycles. The number of carbonyl (C=O) groups excluding carboxylic acids is 4. The molecule has 1 N–H and O–H groups in total. The van der Waals surface area contributed by atoms with Gasteiger partial charge in [-0.05, 0) is 18.1 Å². The van der Waals surface area contributed by atoms with Crippen LogP contribution in [0.3, 0.4) is 0 Å². The van der Waals surface area contributed by atoms with E-state index in [1.165, 1.54) is 27.7 Å². The average molecular weight is 463 g/mol. The highest BCUT2D eigenvalue weighted by Crippen LogP contribution is 2.30. The minimum Gasteiger partial charge on any atom is -0.463 e. The summed E-state index contributed by atoms with van der Waals surface area (Å²) in [7, 11) is 0. The molecule has 0 bridgehead atoms. The molecule has 1 aliphatic rings. The van der Waals surface area contributed by atoms with Crippen LogP contribution in [-0.4, -0.2) is 61.1 Å². The molecular formula is C23H29NO9. The Morgan fingerprint density at radius 3 is 2.21 bits per heavy atom. The van der Waals surface area contributed by atoms with Crippen molar-refractivity contribution in [1.82, 2.24) is 5.32 Å². The molecule has 0 aliphatic carbocycles. The van der Waals surface area contributed by atoms with Gasteiger partial charge in [0, 0.05) is 27.7 Å². The van der Waals surface area contributed by atoms with Crippen molar-refractivity contribution in [2.45, 2.75) is 64.8 Å². The Balaban J connectivity index is 2.49. The summed E-state index contributed by atoms with van der Waals surface area (Å²) in [6.07, 6.45) is -2.35. The number of esters is 3. The van der Waals surface area contributed by atoms with Gasteiger partial charge in [0.25, 0.3) is 0 Å². The molecule has 5 atom stereocenters. The second-order valence-electron chi connectivity index (χ2n) is 7.44. The Kier molecular flexibility index (Phi) is 9.41. The summed E-state index contributed by atoms with van der Waals surface area (Å²) in [5.41, 5.74) is 0.806. The predicted octanol–water partition coefficient (Wildman–Crippen LogP) is 1.45. The number of ether oxygens (including phenoxy) is 5. The van der Waals surface area contributed by atoms with Crippen LogP contribution in [0, 0.1) is 0 Å². The quantitative estimate of drug-likeness (QED) is 0.329. The van der Waals surface area contributed by atoms with Crippen molar-refractivity contribution in [3.63, 3.8) is 0 Å². The van der Waals surface area contributed by atoms with Gasteiger partial charge in [-0.2, -0.15) is 0 Å². The SMILES string of the molecule is C=CCc1ccccc1O[C@H]1O[C@@H](COC(C)=O)[C@@H](OC(C)=O)[C@H](OC(C)=O)[C@H]1NC(C)=O. The van der Waals surface area contributed by atoms with Crippen molar-refractivity contribution in [1.29, 1.82) is 0 Å². The van der Waals surface area contributed by atoms with Gasteiger partial charge in [-0.3, -0.25) is 19.2 Å². The number of hydrogen-bond acceptors (Lipinski definition) is 9. The molecule has 1 amide bonds. The van der Waals surface area contributed by atoms with E-state index in [0.717, 1.165) is 5.56 Å². The summed E-state index contributed by atoms with van der Waals surface area (Å²) in [6, 6.07) is 6.11. The number of allylic oxidation sites excluding steroid dienone is 1. The molecule has 0 spiro atoms. The molecule has 33 heavy (non-hydrogen) atoms. The van der Waals surface area contributed by atoms with Crippen molar-refractivity contribution >= 4 is 23.8 Å². The molecule has 1 aromatic rings. The standard InChI is InChI=1S/C23H29NO9/c1-6-9-17-10-7-8-11-18(17)32-23-20(24-13(2)25)22(31-16(5)28)21(30-15(4)27)19(33-23)12-29-14(3)26/h6-8,10-11,19-23H,1,9,12H2,2-5H3,(H,24,25)/t19-,20+,21+,22+,23-/m0/s1. The van der Waals surface area contributed by atoms with Crippen LogP contribution in [0.4, 0.5) is 0 Å². The van der Waals surface area contributed by atoms with E-state index in [-0.39, 0.29) is 6.61 Å². The summed E-state index contributed by atoms with van der Waals surface area (Å²) in [6.45, 7) is 8.29. The van der Waals surface area contributed by atoms with Gasteiger partial charge in [-0.25, -0.2) is 0 Å². The number of hydrogen-bond donors (Lipinski definition) is 1. The Bertz CT molecular complexity index is 884. The van der Waals surface area contributed by atoms with Crippen molar-refractivity contribution in [3.8, 4) is 5.75 Å². The normalized spacial score (nSPS) is 24.2. The lowest BCUT2D eigenvalue weighted by Gasteiger charge is -2.44. The summed E-state index contributed by atoms with van der Waals surface area (Å²) in [5.74, 6) is -1.93. The zero-order valence-corrected chi connectivity index (χ0v) is 19.1. The topological polar surface area (TPSA) is 126 Å². The minimum absolute atomic E-state index is 0.300. The Morgan fingerprint density at radius 2 is 1.64 bits per heavy atom. The van der Waals surface area contributed by atoms with Crippen molar-refractivity contribution < 1.29 is 42.9 Å². The number of nitrogens with one attached hydrogen (secondary N) is 1. The van der Waals surface area contributed by atoms with Crippen molar-refractivity contribution in [3.05, 3.63) is 42.5 Å². The lowest BCUT2D eigenvalue weighted by atomic mass is 9.96. The van der Waals surface area contributed by atoms with Gasteiger partial charge >= 0.3 is 17.9 Å². The first-order valence-corrected chi connectivity index (χ1v) is 10.4. The molecule has 1 saturated heterocycles. The average Bonchev–Trinajstić information content (AvgIpc) is 2.71.